The Morgan fingerprint density at radius 1 is 0.654 bits per heavy atom. The summed E-state index contributed by atoms with van der Waals surface area (Å²) < 4.78 is 0. The molecule has 3 rings (SSSR count). The van der Waals surface area contributed by atoms with Crippen LogP contribution in [0.2, 0.25) is 0 Å². The molecule has 0 saturated heterocycles. The van der Waals surface area contributed by atoms with Crippen molar-refractivity contribution < 1.29 is 14.4 Å². The van der Waals surface area contributed by atoms with Gasteiger partial charge in [0.05, 0.1) is 5.69 Å². The number of nitrogens with one attached hydrogen (secondary N) is 1. The maximum absolute atomic E-state index is 12.9. The van der Waals surface area contributed by atoms with Gasteiger partial charge in [-0.3, -0.25) is 14.4 Å². The van der Waals surface area contributed by atoms with Crippen molar-refractivity contribution in [3.8, 4) is 0 Å². The van der Waals surface area contributed by atoms with Gasteiger partial charge < -0.3 is 5.32 Å². The van der Waals surface area contributed by atoms with Crippen molar-refractivity contribution in [2.24, 2.45) is 0 Å². The van der Waals surface area contributed by atoms with E-state index < -0.39 is 0 Å². The molecule has 0 aromatic heterocycles. The molecule has 1 N–H and O–H groups in total. The SMILES string of the molecule is CC(=O)Nc1ccc(C(=O)c2ccccc2)cc1C(=O)c1ccccc1. The molecule has 0 saturated carbocycles. The summed E-state index contributed by atoms with van der Waals surface area (Å²) in [6.45, 7) is 1.37. The zero-order chi connectivity index (χ0) is 18.5. The van der Waals surface area contributed by atoms with Crippen LogP contribution in [-0.4, -0.2) is 17.5 Å². The molecule has 0 aliphatic heterocycles. The lowest BCUT2D eigenvalue weighted by Crippen LogP contribution is -2.13. The Kier molecular flexibility index (Phi) is 5.04. The molecule has 0 bridgehead atoms. The first-order valence-electron chi connectivity index (χ1n) is 8.17. The summed E-state index contributed by atoms with van der Waals surface area (Å²) in [5.74, 6) is -0.714. The van der Waals surface area contributed by atoms with Gasteiger partial charge in [-0.05, 0) is 18.2 Å². The number of anilines is 1. The maximum atomic E-state index is 12.9. The lowest BCUT2D eigenvalue weighted by molar-refractivity contribution is -0.114. The first kappa shape index (κ1) is 17.3. The Morgan fingerprint density at radius 2 is 1.19 bits per heavy atom. The van der Waals surface area contributed by atoms with Crippen LogP contribution in [0.1, 0.15) is 38.8 Å². The first-order chi connectivity index (χ1) is 12.6. The number of hydrogen-bond donors (Lipinski definition) is 1. The second-order valence-corrected chi connectivity index (χ2v) is 5.83. The van der Waals surface area contributed by atoms with E-state index in [2.05, 4.69) is 5.32 Å². The second kappa shape index (κ2) is 7.57. The molecular weight excluding hydrogens is 326 g/mol. The van der Waals surface area contributed by atoms with E-state index in [1.807, 2.05) is 12.1 Å². The lowest BCUT2D eigenvalue weighted by Gasteiger charge is -2.11. The molecule has 0 aliphatic rings. The minimum Gasteiger partial charge on any atom is -0.326 e. The van der Waals surface area contributed by atoms with E-state index in [9.17, 15) is 14.4 Å². The van der Waals surface area contributed by atoms with Crippen LogP contribution in [0.15, 0.2) is 78.9 Å². The topological polar surface area (TPSA) is 63.2 Å². The summed E-state index contributed by atoms with van der Waals surface area (Å²) in [4.78, 5) is 37.1. The number of benzene rings is 3. The van der Waals surface area contributed by atoms with E-state index in [1.165, 1.54) is 13.0 Å². The normalized spacial score (nSPS) is 10.2. The molecular formula is C22H17NO3. The Bertz CT molecular complexity index is 963. The summed E-state index contributed by atoms with van der Waals surface area (Å²) >= 11 is 0. The van der Waals surface area contributed by atoms with E-state index in [0.29, 0.717) is 22.4 Å². The third-order valence-corrected chi connectivity index (χ3v) is 3.91. The fourth-order valence-corrected chi connectivity index (χ4v) is 2.67. The average Bonchev–Trinajstić information content (AvgIpc) is 2.68. The summed E-state index contributed by atoms with van der Waals surface area (Å²) in [5.41, 5.74) is 2.09. The van der Waals surface area contributed by atoms with Crippen molar-refractivity contribution in [1.29, 1.82) is 0 Å². The highest BCUT2D eigenvalue weighted by molar-refractivity contribution is 6.16. The standard InChI is InChI=1S/C22H17NO3/c1-15(24)23-20-13-12-18(21(25)16-8-4-2-5-9-16)14-19(20)22(26)17-10-6-3-7-11-17/h2-14H,1H3,(H,23,24). The lowest BCUT2D eigenvalue weighted by atomic mass is 9.96. The van der Waals surface area contributed by atoms with Crippen LogP contribution >= 0.6 is 0 Å². The monoisotopic (exact) mass is 343 g/mol. The molecule has 4 heteroatoms. The Morgan fingerprint density at radius 3 is 1.73 bits per heavy atom. The first-order valence-corrected chi connectivity index (χ1v) is 8.17. The number of rotatable bonds is 5. The largest absolute Gasteiger partial charge is 0.326 e. The van der Waals surface area contributed by atoms with Crippen molar-refractivity contribution in [1.82, 2.24) is 0 Å². The van der Waals surface area contributed by atoms with Crippen molar-refractivity contribution in [2.75, 3.05) is 5.32 Å². The average molecular weight is 343 g/mol. The molecule has 4 nitrogen and oxygen atoms in total. The van der Waals surface area contributed by atoms with Gasteiger partial charge in [0.1, 0.15) is 0 Å². The number of carbonyl (C=O) groups excluding carboxylic acids is 3. The van der Waals surface area contributed by atoms with Crippen molar-refractivity contribution in [3.05, 3.63) is 101 Å². The Labute approximate surface area is 151 Å². The predicted molar refractivity (Wildman–Crippen MR) is 100 cm³/mol. The molecule has 128 valence electrons. The van der Waals surface area contributed by atoms with Gasteiger partial charge in [-0.15, -0.1) is 0 Å². The summed E-state index contributed by atoms with van der Waals surface area (Å²) in [6.07, 6.45) is 0. The van der Waals surface area contributed by atoms with Crippen LogP contribution < -0.4 is 5.32 Å². The minimum absolute atomic E-state index is 0.179. The van der Waals surface area contributed by atoms with Crippen LogP contribution in [0.25, 0.3) is 0 Å². The third kappa shape index (κ3) is 3.75. The van der Waals surface area contributed by atoms with Gasteiger partial charge in [-0.25, -0.2) is 0 Å². The van der Waals surface area contributed by atoms with Crippen LogP contribution in [0.4, 0.5) is 5.69 Å². The fourth-order valence-electron chi connectivity index (χ4n) is 2.67. The quantitative estimate of drug-likeness (QED) is 0.709. The molecule has 3 aromatic carbocycles. The van der Waals surface area contributed by atoms with E-state index in [1.54, 1.807) is 60.7 Å². The highest BCUT2D eigenvalue weighted by Crippen LogP contribution is 2.23. The van der Waals surface area contributed by atoms with Crippen LogP contribution in [0, 0.1) is 0 Å². The fraction of sp³-hybridized carbons (Fsp3) is 0.0455. The molecule has 0 heterocycles. The zero-order valence-corrected chi connectivity index (χ0v) is 14.2. The van der Waals surface area contributed by atoms with Crippen molar-refractivity contribution in [2.45, 2.75) is 6.92 Å². The molecule has 3 aromatic rings. The van der Waals surface area contributed by atoms with Gasteiger partial charge in [0.15, 0.2) is 11.6 Å². The van der Waals surface area contributed by atoms with Crippen LogP contribution in [0.3, 0.4) is 0 Å². The Balaban J connectivity index is 2.06. The predicted octanol–water partition coefficient (Wildman–Crippen LogP) is 4.11. The van der Waals surface area contributed by atoms with Crippen LogP contribution in [0.5, 0.6) is 0 Å². The van der Waals surface area contributed by atoms with Crippen molar-refractivity contribution >= 4 is 23.2 Å². The Hall–Kier alpha value is -3.53. The van der Waals surface area contributed by atoms with Gasteiger partial charge in [0.2, 0.25) is 5.91 Å². The van der Waals surface area contributed by atoms with Gasteiger partial charge >= 0.3 is 0 Å². The zero-order valence-electron chi connectivity index (χ0n) is 14.2. The number of ketones is 2. The number of amides is 1. The van der Waals surface area contributed by atoms with E-state index in [0.717, 1.165) is 0 Å². The van der Waals surface area contributed by atoms with Crippen LogP contribution in [-0.2, 0) is 4.79 Å². The van der Waals surface area contributed by atoms with E-state index in [-0.39, 0.29) is 23.0 Å². The van der Waals surface area contributed by atoms with E-state index in [4.69, 9.17) is 0 Å². The third-order valence-electron chi connectivity index (χ3n) is 3.91. The molecule has 0 fully saturated rings. The van der Waals surface area contributed by atoms with Gasteiger partial charge in [0, 0.05) is 29.2 Å². The minimum atomic E-state index is -0.283. The molecule has 0 spiro atoms. The summed E-state index contributed by atoms with van der Waals surface area (Å²) in [7, 11) is 0. The van der Waals surface area contributed by atoms with Crippen molar-refractivity contribution in [3.63, 3.8) is 0 Å². The van der Waals surface area contributed by atoms with Gasteiger partial charge in [0.25, 0.3) is 0 Å². The molecule has 0 atom stereocenters. The number of carbonyl (C=O) groups is 3. The highest BCUT2D eigenvalue weighted by Gasteiger charge is 2.18. The molecule has 0 radical (unpaired) electrons. The second-order valence-electron chi connectivity index (χ2n) is 5.83. The van der Waals surface area contributed by atoms with E-state index >= 15 is 0 Å². The highest BCUT2D eigenvalue weighted by atomic mass is 16.1. The molecule has 0 aliphatic carbocycles. The summed E-state index contributed by atoms with van der Waals surface area (Å²) in [6, 6.07) is 22.4. The maximum Gasteiger partial charge on any atom is 0.221 e. The number of hydrogen-bond acceptors (Lipinski definition) is 3. The molecule has 0 unspecified atom stereocenters. The van der Waals surface area contributed by atoms with Gasteiger partial charge in [-0.2, -0.15) is 0 Å². The molecule has 1 amide bonds. The summed E-state index contributed by atoms with van der Waals surface area (Å²) in [5, 5.41) is 2.66. The smallest absolute Gasteiger partial charge is 0.221 e. The molecule has 26 heavy (non-hydrogen) atoms. The van der Waals surface area contributed by atoms with Gasteiger partial charge in [-0.1, -0.05) is 60.7 Å².